The zero-order chi connectivity index (χ0) is 8.20. The fourth-order valence-corrected chi connectivity index (χ4v) is 0.273. The minimum absolute atomic E-state index is 0.730. The Labute approximate surface area is 56.7 Å². The molecule has 5 N–H and O–H groups in total. The third-order valence-corrected chi connectivity index (χ3v) is 0.666. The Morgan fingerprint density at radius 1 is 1.40 bits per heavy atom. The summed E-state index contributed by atoms with van der Waals surface area (Å²) in [5.74, 6) is -3.70. The first kappa shape index (κ1) is 9.31. The lowest BCUT2D eigenvalue weighted by atomic mass is 10.5. The van der Waals surface area contributed by atoms with Crippen molar-refractivity contribution in [2.75, 3.05) is 13.2 Å². The van der Waals surface area contributed by atoms with Gasteiger partial charge in [0.1, 0.15) is 6.61 Å². The highest BCUT2D eigenvalue weighted by Crippen LogP contribution is 1.86. The lowest BCUT2D eigenvalue weighted by molar-refractivity contribution is -0.305. The molecule has 0 fully saturated rings. The quantitative estimate of drug-likeness (QED) is 0.272. The molecule has 6 nitrogen and oxygen atoms in total. The van der Waals surface area contributed by atoms with Crippen molar-refractivity contribution in [1.29, 1.82) is 0 Å². The summed E-state index contributed by atoms with van der Waals surface area (Å²) in [6.45, 7) is -1.48. The number of nitrogens with one attached hydrogen (secondary N) is 1. The number of hydrogen-bond acceptors (Lipinski definition) is 5. The van der Waals surface area contributed by atoms with Gasteiger partial charge in [-0.05, 0) is 0 Å². The maximum absolute atomic E-state index is 10.2. The molecule has 0 aliphatic heterocycles. The zero-order valence-corrected chi connectivity index (χ0v) is 5.11. The van der Waals surface area contributed by atoms with Crippen LogP contribution in [-0.2, 0) is 4.79 Å². The van der Waals surface area contributed by atoms with Crippen LogP contribution >= 0.6 is 0 Å². The first-order valence-electron chi connectivity index (χ1n) is 2.50. The van der Waals surface area contributed by atoms with Crippen LogP contribution in [0.3, 0.4) is 0 Å². The van der Waals surface area contributed by atoms with Crippen LogP contribution in [0.2, 0.25) is 0 Å². The van der Waals surface area contributed by atoms with E-state index in [1.165, 1.54) is 0 Å². The fraction of sp³-hybridized carbons (Fsp3) is 0.750. The first-order chi connectivity index (χ1) is 4.45. The highest BCUT2D eigenvalue weighted by atomic mass is 16.7. The van der Waals surface area contributed by atoms with Crippen LogP contribution in [0.1, 0.15) is 0 Å². The average Bonchev–Trinajstić information content (AvgIpc) is 1.81. The lowest BCUT2D eigenvalue weighted by Gasteiger charge is -2.13. The van der Waals surface area contributed by atoms with Gasteiger partial charge >= 0.3 is 0 Å². The maximum atomic E-state index is 10.2. The summed E-state index contributed by atoms with van der Waals surface area (Å²) in [5.41, 5.74) is 0. The van der Waals surface area contributed by atoms with Crippen LogP contribution in [0.4, 0.5) is 0 Å². The van der Waals surface area contributed by atoms with Crippen molar-refractivity contribution in [3.8, 4) is 0 Å². The molecule has 0 bridgehead atoms. The summed E-state index contributed by atoms with van der Waals surface area (Å²) < 4.78 is 0. The van der Waals surface area contributed by atoms with Crippen molar-refractivity contribution in [2.45, 2.75) is 5.97 Å². The summed E-state index contributed by atoms with van der Waals surface area (Å²) in [4.78, 5) is 10.2. The summed E-state index contributed by atoms with van der Waals surface area (Å²) >= 11 is 0. The van der Waals surface area contributed by atoms with Gasteiger partial charge in [-0.1, -0.05) is 0 Å². The zero-order valence-electron chi connectivity index (χ0n) is 5.11. The Morgan fingerprint density at radius 3 is 2.20 bits per heavy atom. The molecule has 0 unspecified atom stereocenters. The standard InChI is InChI=1S/C4H9NO5/c6-1-3(7)5-2-4(8,9)10/h6,8-10H,1-2H2,(H,5,7). The number of aliphatic hydroxyl groups is 4. The minimum Gasteiger partial charge on any atom is -0.387 e. The predicted octanol–water partition coefficient (Wildman–Crippen LogP) is -3.27. The van der Waals surface area contributed by atoms with Gasteiger partial charge in [-0.25, -0.2) is 0 Å². The van der Waals surface area contributed by atoms with E-state index in [-0.39, 0.29) is 0 Å². The minimum atomic E-state index is -2.91. The fourth-order valence-electron chi connectivity index (χ4n) is 0.273. The van der Waals surface area contributed by atoms with Crippen LogP contribution in [0.15, 0.2) is 0 Å². The highest BCUT2D eigenvalue weighted by molar-refractivity contribution is 5.76. The molecule has 10 heavy (non-hydrogen) atoms. The van der Waals surface area contributed by atoms with E-state index in [1.54, 1.807) is 0 Å². The van der Waals surface area contributed by atoms with E-state index in [0.717, 1.165) is 0 Å². The maximum Gasteiger partial charge on any atom is 0.293 e. The smallest absolute Gasteiger partial charge is 0.293 e. The van der Waals surface area contributed by atoms with Crippen LogP contribution < -0.4 is 5.32 Å². The molecular formula is C4H9NO5. The first-order valence-corrected chi connectivity index (χ1v) is 2.50. The van der Waals surface area contributed by atoms with Crippen LogP contribution in [0.25, 0.3) is 0 Å². The van der Waals surface area contributed by atoms with Crippen molar-refractivity contribution in [3.05, 3.63) is 0 Å². The number of hydrogen-bond donors (Lipinski definition) is 5. The molecule has 1 amide bonds. The Morgan fingerprint density at radius 2 is 1.90 bits per heavy atom. The SMILES string of the molecule is O=C(CO)NCC(O)(O)O. The lowest BCUT2D eigenvalue weighted by Crippen LogP contribution is -2.43. The Hall–Kier alpha value is -0.690. The molecule has 0 heterocycles. The van der Waals surface area contributed by atoms with Gasteiger partial charge in [0.15, 0.2) is 0 Å². The van der Waals surface area contributed by atoms with E-state index >= 15 is 0 Å². The molecule has 0 aliphatic rings. The van der Waals surface area contributed by atoms with E-state index in [0.29, 0.717) is 0 Å². The number of carbonyl (C=O) groups is 1. The average molecular weight is 151 g/mol. The molecule has 60 valence electrons. The molecule has 0 aromatic heterocycles. The van der Waals surface area contributed by atoms with Gasteiger partial charge in [-0.15, -0.1) is 0 Å². The molecule has 0 atom stereocenters. The highest BCUT2D eigenvalue weighted by Gasteiger charge is 2.18. The number of aliphatic hydroxyl groups excluding tert-OH is 1. The predicted molar refractivity (Wildman–Crippen MR) is 29.5 cm³/mol. The summed E-state index contributed by atoms with van der Waals surface area (Å²) in [6.07, 6.45) is 0. The number of rotatable bonds is 3. The normalized spacial score (nSPS) is 11.2. The third kappa shape index (κ3) is 5.45. The summed E-state index contributed by atoms with van der Waals surface area (Å²) in [6, 6.07) is 0. The topological polar surface area (TPSA) is 110 Å². The molecule has 0 spiro atoms. The van der Waals surface area contributed by atoms with Gasteiger partial charge in [0.05, 0.1) is 6.54 Å². The largest absolute Gasteiger partial charge is 0.387 e. The van der Waals surface area contributed by atoms with Crippen LogP contribution in [0.5, 0.6) is 0 Å². The molecule has 0 rings (SSSR count). The van der Waals surface area contributed by atoms with Crippen molar-refractivity contribution in [3.63, 3.8) is 0 Å². The molecule has 0 aromatic rings. The monoisotopic (exact) mass is 151 g/mol. The van der Waals surface area contributed by atoms with E-state index < -0.39 is 25.0 Å². The summed E-state index contributed by atoms with van der Waals surface area (Å²) in [5, 5.41) is 34.4. The molecule has 0 saturated heterocycles. The molecule has 0 aromatic carbocycles. The van der Waals surface area contributed by atoms with Gasteiger partial charge in [-0.2, -0.15) is 0 Å². The second-order valence-electron chi connectivity index (χ2n) is 1.71. The van der Waals surface area contributed by atoms with Gasteiger partial charge in [0.2, 0.25) is 5.91 Å². The van der Waals surface area contributed by atoms with Crippen molar-refractivity contribution in [1.82, 2.24) is 5.32 Å². The molecule has 6 heteroatoms. The Balaban J connectivity index is 3.46. The Bertz CT molecular complexity index is 117. The summed E-state index contributed by atoms with van der Waals surface area (Å²) in [7, 11) is 0. The second-order valence-corrected chi connectivity index (χ2v) is 1.71. The van der Waals surface area contributed by atoms with Crippen LogP contribution in [0, 0.1) is 0 Å². The van der Waals surface area contributed by atoms with Crippen molar-refractivity contribution < 1.29 is 25.2 Å². The molecule has 0 aliphatic carbocycles. The number of carbonyl (C=O) groups excluding carboxylic acids is 1. The van der Waals surface area contributed by atoms with Gasteiger partial charge in [0, 0.05) is 0 Å². The molecular weight excluding hydrogens is 142 g/mol. The second kappa shape index (κ2) is 3.47. The van der Waals surface area contributed by atoms with Crippen molar-refractivity contribution >= 4 is 5.91 Å². The number of amides is 1. The van der Waals surface area contributed by atoms with E-state index in [2.05, 4.69) is 0 Å². The van der Waals surface area contributed by atoms with Gasteiger partial charge in [-0.3, -0.25) is 4.79 Å². The van der Waals surface area contributed by atoms with Crippen molar-refractivity contribution in [2.24, 2.45) is 0 Å². The van der Waals surface area contributed by atoms with E-state index in [9.17, 15) is 4.79 Å². The van der Waals surface area contributed by atoms with E-state index in [1.807, 2.05) is 5.32 Å². The van der Waals surface area contributed by atoms with Crippen LogP contribution in [-0.4, -0.2) is 45.5 Å². The van der Waals surface area contributed by atoms with Gasteiger partial charge in [0.25, 0.3) is 5.97 Å². The Kier molecular flexibility index (Phi) is 3.23. The van der Waals surface area contributed by atoms with Gasteiger partial charge < -0.3 is 25.7 Å². The molecule has 0 saturated carbocycles. The van der Waals surface area contributed by atoms with E-state index in [4.69, 9.17) is 20.4 Å². The molecule has 0 radical (unpaired) electrons. The third-order valence-electron chi connectivity index (χ3n) is 0.666.